The number of nitrogens with one attached hydrogen (secondary N) is 1. The van der Waals surface area contributed by atoms with Crippen molar-refractivity contribution in [3.63, 3.8) is 0 Å². The minimum Gasteiger partial charge on any atom is -0.510 e. The highest BCUT2D eigenvalue weighted by Gasteiger charge is 2.22. The van der Waals surface area contributed by atoms with Crippen LogP contribution in [0.2, 0.25) is 0 Å². The number of aliphatic hydroxyl groups excluding tert-OH is 1. The van der Waals surface area contributed by atoms with Gasteiger partial charge in [0.2, 0.25) is 0 Å². The Bertz CT molecular complexity index is 1500. The number of aliphatic hydroxyl groups is 1. The topological polar surface area (TPSA) is 108 Å². The Kier molecular flexibility index (Phi) is 6.26. The normalized spacial score (nSPS) is 14.4. The maximum Gasteiger partial charge on any atom is 0.263 e. The van der Waals surface area contributed by atoms with Crippen LogP contribution in [0.3, 0.4) is 0 Å². The number of nitriles is 1. The van der Waals surface area contributed by atoms with Crippen LogP contribution in [-0.2, 0) is 19.4 Å². The lowest BCUT2D eigenvalue weighted by molar-refractivity contribution is 0.420. The molecule has 0 bridgehead atoms. The Morgan fingerprint density at radius 2 is 2.12 bits per heavy atom. The van der Waals surface area contributed by atoms with E-state index in [2.05, 4.69) is 22.6 Å². The Morgan fingerprint density at radius 1 is 1.29 bits per heavy atom. The van der Waals surface area contributed by atoms with Gasteiger partial charge in [-0.2, -0.15) is 5.26 Å². The van der Waals surface area contributed by atoms with E-state index in [9.17, 15) is 15.2 Å². The summed E-state index contributed by atoms with van der Waals surface area (Å²) in [6.07, 6.45) is 7.00. The van der Waals surface area contributed by atoms with E-state index >= 15 is 0 Å². The lowest BCUT2D eigenvalue weighted by Gasteiger charge is -2.11. The Labute approximate surface area is 204 Å². The number of fused-ring (bicyclic) bond motifs is 4. The number of allylic oxidation sites excluding steroid dienone is 2. The molecule has 0 unspecified atom stereocenters. The molecule has 0 radical (unpaired) electrons. The molecule has 0 atom stereocenters. The first-order chi connectivity index (χ1) is 16.6. The molecule has 172 valence electrons. The second-order valence-corrected chi connectivity index (χ2v) is 10.2. The number of aromatic nitrogens is 4. The van der Waals surface area contributed by atoms with Crippen LogP contribution in [0.25, 0.3) is 26.8 Å². The summed E-state index contributed by atoms with van der Waals surface area (Å²) in [5.74, 6) is 0.281. The van der Waals surface area contributed by atoms with Gasteiger partial charge in [0.1, 0.15) is 22.2 Å². The van der Waals surface area contributed by atoms with Gasteiger partial charge in [0, 0.05) is 11.4 Å². The number of para-hydroxylation sites is 2. The molecular formula is C25H23N5O2S2. The summed E-state index contributed by atoms with van der Waals surface area (Å²) in [5.41, 5.74) is 2.67. The molecule has 9 heteroatoms. The Morgan fingerprint density at radius 3 is 2.91 bits per heavy atom. The Balaban J connectivity index is 1.51. The van der Waals surface area contributed by atoms with E-state index < -0.39 is 0 Å². The number of rotatable bonds is 6. The van der Waals surface area contributed by atoms with Gasteiger partial charge in [0.15, 0.2) is 11.0 Å². The molecule has 34 heavy (non-hydrogen) atoms. The maximum absolute atomic E-state index is 13.5. The van der Waals surface area contributed by atoms with Gasteiger partial charge in [-0.25, -0.2) is 9.97 Å². The molecule has 4 aromatic rings. The van der Waals surface area contributed by atoms with Crippen molar-refractivity contribution in [2.45, 2.75) is 43.8 Å². The fraction of sp³-hybridized carbons (Fsp3) is 0.280. The number of thiophene rings is 1. The van der Waals surface area contributed by atoms with Gasteiger partial charge in [0.05, 0.1) is 22.2 Å². The zero-order valence-corrected chi connectivity index (χ0v) is 20.1. The zero-order chi connectivity index (χ0) is 23.7. The smallest absolute Gasteiger partial charge is 0.263 e. The number of benzene rings is 1. The standard InChI is InChI=1S/C25H23N5O2S2/c1-2-12-30-24(32)21-15-8-4-3-5-11-20(15)34-23(21)29-25(30)33-14-19(31)16(13-26)22-27-17-9-6-7-10-18(17)28-22/h2,6-7,9-10,31H,1,3-5,8,11-12,14H2,(H,27,28)/b19-16-. The first-order valence-corrected chi connectivity index (χ1v) is 13.0. The largest absolute Gasteiger partial charge is 0.510 e. The van der Waals surface area contributed by atoms with Gasteiger partial charge in [-0.05, 0) is 43.4 Å². The predicted molar refractivity (Wildman–Crippen MR) is 137 cm³/mol. The lowest BCUT2D eigenvalue weighted by atomic mass is 10.1. The summed E-state index contributed by atoms with van der Waals surface area (Å²) in [5, 5.41) is 21.7. The van der Waals surface area contributed by atoms with Crippen LogP contribution in [0.1, 0.15) is 35.5 Å². The van der Waals surface area contributed by atoms with Crippen molar-refractivity contribution in [3.05, 3.63) is 69.3 Å². The monoisotopic (exact) mass is 489 g/mol. The van der Waals surface area contributed by atoms with Crippen molar-refractivity contribution in [1.82, 2.24) is 19.5 Å². The molecule has 0 saturated carbocycles. The molecule has 5 rings (SSSR count). The van der Waals surface area contributed by atoms with E-state index in [1.165, 1.54) is 23.1 Å². The van der Waals surface area contributed by atoms with Crippen LogP contribution in [-0.4, -0.2) is 30.4 Å². The van der Waals surface area contributed by atoms with Gasteiger partial charge < -0.3 is 10.1 Å². The molecule has 0 fully saturated rings. The predicted octanol–water partition coefficient (Wildman–Crippen LogP) is 5.37. The lowest BCUT2D eigenvalue weighted by Crippen LogP contribution is -2.23. The van der Waals surface area contributed by atoms with Crippen LogP contribution in [0.15, 0.2) is 52.6 Å². The van der Waals surface area contributed by atoms with Crippen molar-refractivity contribution in [3.8, 4) is 6.07 Å². The molecule has 3 aromatic heterocycles. The fourth-order valence-corrected chi connectivity index (χ4v) is 6.52. The first kappa shape index (κ1) is 22.4. The van der Waals surface area contributed by atoms with Crippen molar-refractivity contribution in [2.24, 2.45) is 0 Å². The van der Waals surface area contributed by atoms with E-state index in [1.54, 1.807) is 22.0 Å². The number of aromatic amines is 1. The summed E-state index contributed by atoms with van der Waals surface area (Å²) < 4.78 is 1.61. The second-order valence-electron chi connectivity index (χ2n) is 8.17. The summed E-state index contributed by atoms with van der Waals surface area (Å²) in [7, 11) is 0. The number of H-pyrrole nitrogens is 1. The molecule has 1 aliphatic carbocycles. The second kappa shape index (κ2) is 9.49. The molecule has 7 nitrogen and oxygen atoms in total. The van der Waals surface area contributed by atoms with Crippen LogP contribution in [0.5, 0.6) is 0 Å². The number of hydrogen-bond acceptors (Lipinski definition) is 7. The Hall–Kier alpha value is -3.35. The van der Waals surface area contributed by atoms with Crippen molar-refractivity contribution < 1.29 is 5.11 Å². The number of hydrogen-bond donors (Lipinski definition) is 2. The molecule has 1 aliphatic rings. The van der Waals surface area contributed by atoms with E-state index in [-0.39, 0.29) is 22.6 Å². The summed E-state index contributed by atoms with van der Waals surface area (Å²) in [6.45, 7) is 4.12. The van der Waals surface area contributed by atoms with Crippen LogP contribution >= 0.6 is 23.1 Å². The highest BCUT2D eigenvalue weighted by atomic mass is 32.2. The molecule has 0 spiro atoms. The highest BCUT2D eigenvalue weighted by Crippen LogP contribution is 2.34. The van der Waals surface area contributed by atoms with E-state index in [1.807, 2.05) is 24.3 Å². The van der Waals surface area contributed by atoms with Crippen LogP contribution in [0, 0.1) is 11.3 Å². The van der Waals surface area contributed by atoms with E-state index in [0.717, 1.165) is 52.5 Å². The van der Waals surface area contributed by atoms with Gasteiger partial charge in [0.25, 0.3) is 5.56 Å². The molecule has 0 amide bonds. The minimum atomic E-state index is -0.118. The van der Waals surface area contributed by atoms with Gasteiger partial charge in [-0.1, -0.05) is 36.4 Å². The molecule has 0 saturated heterocycles. The SMILES string of the molecule is C=CCn1c(SC/C(O)=C(\C#N)c2nc3ccccc3[nH]2)nc2sc3c(c2c1=O)CCCCC3. The first-order valence-electron chi connectivity index (χ1n) is 11.2. The molecular weight excluding hydrogens is 466 g/mol. The van der Waals surface area contributed by atoms with Crippen molar-refractivity contribution in [1.29, 1.82) is 5.26 Å². The van der Waals surface area contributed by atoms with E-state index in [4.69, 9.17) is 4.98 Å². The number of aryl methyl sites for hydroxylation is 2. The number of imidazole rings is 1. The third-order valence-corrected chi connectivity index (χ3v) is 8.14. The summed E-state index contributed by atoms with van der Waals surface area (Å²) >= 11 is 2.84. The van der Waals surface area contributed by atoms with E-state index in [0.29, 0.717) is 17.5 Å². The average Bonchev–Trinajstić information content (AvgIpc) is 3.33. The van der Waals surface area contributed by atoms with Crippen molar-refractivity contribution in [2.75, 3.05) is 5.75 Å². The molecule has 1 aromatic carbocycles. The number of nitrogens with zero attached hydrogens (tertiary/aromatic N) is 4. The minimum absolute atomic E-state index is 0.0620. The number of thioether (sulfide) groups is 1. The summed E-state index contributed by atoms with van der Waals surface area (Å²) in [4.78, 5) is 27.8. The average molecular weight is 490 g/mol. The van der Waals surface area contributed by atoms with Gasteiger partial charge >= 0.3 is 0 Å². The zero-order valence-electron chi connectivity index (χ0n) is 18.5. The molecule has 2 N–H and O–H groups in total. The fourth-order valence-electron chi connectivity index (χ4n) is 4.33. The third kappa shape index (κ3) is 4.04. The van der Waals surface area contributed by atoms with Crippen LogP contribution in [0.4, 0.5) is 0 Å². The highest BCUT2D eigenvalue weighted by molar-refractivity contribution is 7.99. The van der Waals surface area contributed by atoms with Gasteiger partial charge in [-0.3, -0.25) is 9.36 Å². The summed E-state index contributed by atoms with van der Waals surface area (Å²) in [6, 6.07) is 9.50. The third-order valence-electron chi connectivity index (χ3n) is 5.97. The molecule has 3 heterocycles. The molecule has 0 aliphatic heterocycles. The van der Waals surface area contributed by atoms with Crippen molar-refractivity contribution >= 4 is 49.9 Å². The maximum atomic E-state index is 13.5. The van der Waals surface area contributed by atoms with Gasteiger partial charge in [-0.15, -0.1) is 17.9 Å². The quantitative estimate of drug-likeness (QED) is 0.0941. The van der Waals surface area contributed by atoms with Crippen LogP contribution < -0.4 is 5.56 Å².